The molecule has 0 aliphatic carbocycles. The Morgan fingerprint density at radius 3 is 2.77 bits per heavy atom. The topological polar surface area (TPSA) is 69.0 Å². The maximum Gasteiger partial charge on any atom is 0.234 e. The van der Waals surface area contributed by atoms with Crippen molar-refractivity contribution in [3.63, 3.8) is 0 Å². The van der Waals surface area contributed by atoms with Crippen LogP contribution >= 0.6 is 50.9 Å². The van der Waals surface area contributed by atoms with Crippen LogP contribution in [0.2, 0.25) is 10.0 Å². The molecule has 162 valence electrons. The molecule has 0 fully saturated rings. The lowest BCUT2D eigenvalue weighted by Crippen LogP contribution is -2.15. The molecular weight excluding hydrogens is 530 g/mol. The molecule has 0 saturated heterocycles. The Kier molecular flexibility index (Phi) is 8.36. The van der Waals surface area contributed by atoms with E-state index < -0.39 is 5.82 Å². The number of benzene rings is 2. The number of nitrogens with zero attached hydrogens (tertiary/aromatic N) is 3. The molecule has 11 heteroatoms. The van der Waals surface area contributed by atoms with Crippen molar-refractivity contribution in [2.75, 3.05) is 11.1 Å². The zero-order valence-corrected chi connectivity index (χ0v) is 19.9. The maximum absolute atomic E-state index is 13.2. The molecule has 3 aromatic rings. The highest BCUT2D eigenvalue weighted by molar-refractivity contribution is 9.10. The molecule has 1 heterocycles. The van der Waals surface area contributed by atoms with E-state index in [9.17, 15) is 9.18 Å². The van der Waals surface area contributed by atoms with E-state index in [1.54, 1.807) is 28.8 Å². The van der Waals surface area contributed by atoms with Crippen molar-refractivity contribution in [3.05, 3.63) is 75.2 Å². The van der Waals surface area contributed by atoms with Crippen molar-refractivity contribution in [1.29, 1.82) is 0 Å². The van der Waals surface area contributed by atoms with E-state index in [1.165, 1.54) is 30.0 Å². The molecule has 0 atom stereocenters. The van der Waals surface area contributed by atoms with Gasteiger partial charge in [-0.2, -0.15) is 0 Å². The highest BCUT2D eigenvalue weighted by Gasteiger charge is 2.15. The third-order valence-electron chi connectivity index (χ3n) is 3.89. The minimum Gasteiger partial charge on any atom is -0.484 e. The van der Waals surface area contributed by atoms with Gasteiger partial charge in [-0.25, -0.2) is 4.39 Å². The van der Waals surface area contributed by atoms with Crippen molar-refractivity contribution in [3.8, 4) is 5.75 Å². The predicted molar refractivity (Wildman–Crippen MR) is 124 cm³/mol. The van der Waals surface area contributed by atoms with Gasteiger partial charge < -0.3 is 10.1 Å². The number of amides is 1. The summed E-state index contributed by atoms with van der Waals surface area (Å²) in [5.74, 6) is 0.258. The number of nitrogens with one attached hydrogen (secondary N) is 1. The molecule has 0 bridgehead atoms. The van der Waals surface area contributed by atoms with Crippen molar-refractivity contribution in [2.24, 2.45) is 0 Å². The lowest BCUT2D eigenvalue weighted by Gasteiger charge is -2.10. The molecule has 2 aromatic carbocycles. The molecule has 3 rings (SSSR count). The lowest BCUT2D eigenvalue weighted by molar-refractivity contribution is -0.113. The fourth-order valence-electron chi connectivity index (χ4n) is 2.49. The third kappa shape index (κ3) is 6.46. The zero-order valence-electron chi connectivity index (χ0n) is 15.9. The second-order valence-electron chi connectivity index (χ2n) is 6.12. The van der Waals surface area contributed by atoms with Gasteiger partial charge in [0.2, 0.25) is 5.91 Å². The number of thioether (sulfide) groups is 1. The molecule has 1 N–H and O–H groups in total. The Morgan fingerprint density at radius 1 is 1.26 bits per heavy atom. The van der Waals surface area contributed by atoms with Gasteiger partial charge in [-0.05, 0) is 36.4 Å². The van der Waals surface area contributed by atoms with Gasteiger partial charge in [-0.3, -0.25) is 9.36 Å². The first-order valence-corrected chi connectivity index (χ1v) is 11.4. The van der Waals surface area contributed by atoms with Crippen LogP contribution in [0, 0.1) is 5.82 Å². The van der Waals surface area contributed by atoms with Crippen LogP contribution in [0.4, 0.5) is 10.1 Å². The maximum atomic E-state index is 13.2. The Balaban J connectivity index is 1.64. The van der Waals surface area contributed by atoms with Gasteiger partial charge >= 0.3 is 0 Å². The summed E-state index contributed by atoms with van der Waals surface area (Å²) in [6.07, 6.45) is 1.68. The Bertz CT molecular complexity index is 1110. The van der Waals surface area contributed by atoms with Crippen LogP contribution in [0.25, 0.3) is 0 Å². The van der Waals surface area contributed by atoms with Crippen LogP contribution in [-0.4, -0.2) is 26.4 Å². The number of rotatable bonds is 9. The van der Waals surface area contributed by atoms with Gasteiger partial charge in [0, 0.05) is 11.0 Å². The molecule has 31 heavy (non-hydrogen) atoms. The van der Waals surface area contributed by atoms with Crippen LogP contribution < -0.4 is 10.1 Å². The molecule has 1 amide bonds. The highest BCUT2D eigenvalue weighted by Crippen LogP contribution is 2.27. The summed E-state index contributed by atoms with van der Waals surface area (Å²) < 4.78 is 21.4. The summed E-state index contributed by atoms with van der Waals surface area (Å²) in [7, 11) is 0. The summed E-state index contributed by atoms with van der Waals surface area (Å²) in [5.41, 5.74) is 0.522. The van der Waals surface area contributed by atoms with Gasteiger partial charge in [0.25, 0.3) is 0 Å². The smallest absolute Gasteiger partial charge is 0.234 e. The third-order valence-corrected chi connectivity index (χ3v) is 5.96. The highest BCUT2D eigenvalue weighted by atomic mass is 79.9. The average molecular weight is 546 g/mol. The number of aromatic nitrogens is 3. The van der Waals surface area contributed by atoms with Crippen LogP contribution in [-0.2, 0) is 17.9 Å². The van der Waals surface area contributed by atoms with Crippen LogP contribution in [0.1, 0.15) is 5.82 Å². The fraction of sp³-hybridized carbons (Fsp3) is 0.150. The summed E-state index contributed by atoms with van der Waals surface area (Å²) in [4.78, 5) is 12.3. The first kappa shape index (κ1) is 23.6. The van der Waals surface area contributed by atoms with E-state index in [0.717, 1.165) is 4.47 Å². The number of carbonyl (C=O) groups is 1. The SMILES string of the molecule is C=CCn1c(COc2ccc(F)cc2Cl)nnc1SCC(=O)Nc1ccc(Br)cc1Cl. The number of anilines is 1. The fourth-order valence-corrected chi connectivity index (χ4v) is 4.20. The number of carbonyl (C=O) groups excluding carboxylic acids is 1. The molecule has 0 aliphatic heterocycles. The minimum absolute atomic E-state index is 0.0629. The summed E-state index contributed by atoms with van der Waals surface area (Å²) in [6, 6.07) is 9.07. The van der Waals surface area contributed by atoms with Crippen molar-refractivity contribution >= 4 is 62.5 Å². The van der Waals surface area contributed by atoms with E-state index in [1.807, 2.05) is 0 Å². The monoisotopic (exact) mass is 544 g/mol. The molecule has 0 unspecified atom stereocenters. The van der Waals surface area contributed by atoms with Crippen molar-refractivity contribution < 1.29 is 13.9 Å². The molecule has 1 aromatic heterocycles. The summed E-state index contributed by atoms with van der Waals surface area (Å²) >= 11 is 16.7. The van der Waals surface area contributed by atoms with Gasteiger partial charge in [0.15, 0.2) is 11.0 Å². The van der Waals surface area contributed by atoms with Crippen molar-refractivity contribution in [2.45, 2.75) is 18.3 Å². The van der Waals surface area contributed by atoms with E-state index in [-0.39, 0.29) is 23.3 Å². The van der Waals surface area contributed by atoms with Crippen LogP contribution in [0.15, 0.2) is 58.7 Å². The van der Waals surface area contributed by atoms with Gasteiger partial charge in [-0.1, -0.05) is 57.0 Å². The van der Waals surface area contributed by atoms with Crippen LogP contribution in [0.3, 0.4) is 0 Å². The van der Waals surface area contributed by atoms with E-state index in [4.69, 9.17) is 27.9 Å². The molecule has 6 nitrogen and oxygen atoms in total. The Morgan fingerprint density at radius 2 is 2.06 bits per heavy atom. The lowest BCUT2D eigenvalue weighted by atomic mass is 10.3. The Labute approximate surface area is 200 Å². The molecule has 0 spiro atoms. The first-order chi connectivity index (χ1) is 14.9. The zero-order chi connectivity index (χ0) is 22.4. The predicted octanol–water partition coefficient (Wildman–Crippen LogP) is 5.98. The normalized spacial score (nSPS) is 10.7. The molecule has 0 aliphatic rings. The van der Waals surface area contributed by atoms with Gasteiger partial charge in [0.05, 0.1) is 21.5 Å². The standard InChI is InChI=1S/C20H16BrCl2FN4O2S/c1-2-7-28-18(10-30-17-6-4-13(24)9-15(17)23)26-27-20(28)31-11-19(29)25-16-5-3-12(21)8-14(16)22/h2-6,8-9H,1,7,10-11H2,(H,25,29). The number of allylic oxidation sites excluding steroid dienone is 1. The average Bonchev–Trinajstić information content (AvgIpc) is 3.10. The van der Waals surface area contributed by atoms with E-state index in [2.05, 4.69) is 38.0 Å². The number of hydrogen-bond donors (Lipinski definition) is 1. The Hall–Kier alpha value is -2.07. The van der Waals surface area contributed by atoms with Gasteiger partial charge in [0.1, 0.15) is 18.2 Å². The molecule has 0 saturated carbocycles. The van der Waals surface area contributed by atoms with Gasteiger partial charge in [-0.15, -0.1) is 16.8 Å². The quantitative estimate of drug-likeness (QED) is 0.264. The number of ether oxygens (including phenoxy) is 1. The second kappa shape index (κ2) is 11.0. The van der Waals surface area contributed by atoms with E-state index in [0.29, 0.717) is 34.0 Å². The molecular formula is C20H16BrCl2FN4O2S. The number of hydrogen-bond acceptors (Lipinski definition) is 5. The first-order valence-electron chi connectivity index (χ1n) is 8.86. The summed E-state index contributed by atoms with van der Waals surface area (Å²) in [6.45, 7) is 4.23. The van der Waals surface area contributed by atoms with E-state index >= 15 is 0 Å². The van der Waals surface area contributed by atoms with Crippen molar-refractivity contribution in [1.82, 2.24) is 14.8 Å². The van der Waals surface area contributed by atoms with Crippen LogP contribution in [0.5, 0.6) is 5.75 Å². The number of halogens is 4. The minimum atomic E-state index is -0.450. The second-order valence-corrected chi connectivity index (χ2v) is 8.80. The largest absolute Gasteiger partial charge is 0.484 e. The summed E-state index contributed by atoms with van der Waals surface area (Å²) in [5, 5.41) is 12.1. The molecule has 0 radical (unpaired) electrons.